The van der Waals surface area contributed by atoms with Gasteiger partial charge in [-0.1, -0.05) is 56.3 Å². The summed E-state index contributed by atoms with van der Waals surface area (Å²) < 4.78 is 11.6. The van der Waals surface area contributed by atoms with Crippen LogP contribution < -0.4 is 14.8 Å². The first-order valence-electron chi connectivity index (χ1n) is 9.54. The van der Waals surface area contributed by atoms with Crippen molar-refractivity contribution in [3.8, 4) is 11.5 Å². The maximum absolute atomic E-state index is 6.10. The minimum Gasteiger partial charge on any atom is -0.493 e. The quantitative estimate of drug-likeness (QED) is 0.485. The Labute approximate surface area is 182 Å². The first-order valence-corrected chi connectivity index (χ1v) is 9.54. The fourth-order valence-corrected chi connectivity index (χ4v) is 2.95. The molecule has 0 spiro atoms. The number of ether oxygens (including phenoxy) is 2. The van der Waals surface area contributed by atoms with Gasteiger partial charge < -0.3 is 19.7 Å². The molecule has 0 bridgehead atoms. The zero-order valence-electron chi connectivity index (χ0n) is 17.1. The molecule has 28 heavy (non-hydrogen) atoms. The zero-order valence-corrected chi connectivity index (χ0v) is 18.8. The number of hydrogen-bond donors (Lipinski definition) is 1. The third kappa shape index (κ3) is 8.70. The van der Waals surface area contributed by atoms with Crippen molar-refractivity contribution in [1.29, 1.82) is 0 Å². The molecule has 0 aromatic heterocycles. The Balaban J connectivity index is 0.00000364. The molecule has 1 N–H and O–H groups in total. The lowest BCUT2D eigenvalue weighted by molar-refractivity contribution is 0.280. The van der Waals surface area contributed by atoms with Crippen LogP contribution in [0.1, 0.15) is 31.4 Å². The standard InChI is InChI=1S/C22H32N2O2.2ClH/c1-4-24(5-2)16-10-15-23-17-20-13-9-14-21(25-3)22(20)26-18-19-11-7-6-8-12-19;;/h6-9,11-14,23H,4-5,10,15-18H2,1-3H3;2*1H. The van der Waals surface area contributed by atoms with Crippen LogP contribution in [0.2, 0.25) is 0 Å². The lowest BCUT2D eigenvalue weighted by Gasteiger charge is -2.18. The van der Waals surface area contributed by atoms with Crippen LogP contribution in [-0.2, 0) is 13.2 Å². The van der Waals surface area contributed by atoms with Gasteiger partial charge in [0.25, 0.3) is 0 Å². The summed E-state index contributed by atoms with van der Waals surface area (Å²) in [7, 11) is 1.69. The molecular weight excluding hydrogens is 395 g/mol. The number of nitrogens with one attached hydrogen (secondary N) is 1. The van der Waals surface area contributed by atoms with Gasteiger partial charge >= 0.3 is 0 Å². The molecule has 0 amide bonds. The number of rotatable bonds is 12. The summed E-state index contributed by atoms with van der Waals surface area (Å²) in [4.78, 5) is 2.45. The van der Waals surface area contributed by atoms with Crippen LogP contribution in [0.15, 0.2) is 48.5 Å². The Hall–Kier alpha value is -1.46. The van der Waals surface area contributed by atoms with E-state index in [0.717, 1.165) is 61.8 Å². The molecular formula is C22H34Cl2N2O2. The molecule has 2 aromatic carbocycles. The van der Waals surface area contributed by atoms with Gasteiger partial charge in [0.05, 0.1) is 7.11 Å². The number of para-hydroxylation sites is 1. The van der Waals surface area contributed by atoms with E-state index in [-0.39, 0.29) is 24.8 Å². The largest absolute Gasteiger partial charge is 0.493 e. The maximum atomic E-state index is 6.10. The molecule has 0 radical (unpaired) electrons. The number of hydrogen-bond acceptors (Lipinski definition) is 4. The Morgan fingerprint density at radius 2 is 1.64 bits per heavy atom. The first kappa shape index (κ1) is 26.5. The summed E-state index contributed by atoms with van der Waals surface area (Å²) >= 11 is 0. The summed E-state index contributed by atoms with van der Waals surface area (Å²) in [6, 6.07) is 16.3. The SMILES string of the molecule is CCN(CC)CCCNCc1cccc(OC)c1OCc1ccccc1.Cl.Cl. The molecule has 6 heteroatoms. The normalized spacial score (nSPS) is 10.1. The smallest absolute Gasteiger partial charge is 0.166 e. The van der Waals surface area contributed by atoms with Crippen LogP contribution in [0, 0.1) is 0 Å². The molecule has 158 valence electrons. The average Bonchev–Trinajstić information content (AvgIpc) is 2.70. The number of halogens is 2. The molecule has 0 atom stereocenters. The molecule has 2 rings (SSSR count). The maximum Gasteiger partial charge on any atom is 0.166 e. The summed E-state index contributed by atoms with van der Waals surface area (Å²) in [5, 5.41) is 3.53. The van der Waals surface area contributed by atoms with Crippen molar-refractivity contribution in [2.75, 3.05) is 33.3 Å². The van der Waals surface area contributed by atoms with Gasteiger partial charge in [-0.25, -0.2) is 0 Å². The van der Waals surface area contributed by atoms with E-state index in [4.69, 9.17) is 9.47 Å². The van der Waals surface area contributed by atoms with E-state index in [9.17, 15) is 0 Å². The summed E-state index contributed by atoms with van der Waals surface area (Å²) in [6.07, 6.45) is 1.14. The van der Waals surface area contributed by atoms with Gasteiger partial charge in [0, 0.05) is 12.1 Å². The Morgan fingerprint density at radius 3 is 2.29 bits per heavy atom. The number of nitrogens with zero attached hydrogens (tertiary/aromatic N) is 1. The fourth-order valence-electron chi connectivity index (χ4n) is 2.95. The van der Waals surface area contributed by atoms with Crippen molar-refractivity contribution in [3.63, 3.8) is 0 Å². The van der Waals surface area contributed by atoms with E-state index >= 15 is 0 Å². The second kappa shape index (κ2) is 15.5. The molecule has 0 heterocycles. The van der Waals surface area contributed by atoms with Crippen molar-refractivity contribution >= 4 is 24.8 Å². The van der Waals surface area contributed by atoms with Crippen molar-refractivity contribution in [1.82, 2.24) is 10.2 Å². The lowest BCUT2D eigenvalue weighted by atomic mass is 10.1. The Kier molecular flexibility index (Phi) is 14.7. The van der Waals surface area contributed by atoms with Crippen molar-refractivity contribution in [3.05, 3.63) is 59.7 Å². The second-order valence-electron chi connectivity index (χ2n) is 6.28. The highest BCUT2D eigenvalue weighted by Gasteiger charge is 2.11. The van der Waals surface area contributed by atoms with E-state index in [0.29, 0.717) is 6.61 Å². The molecule has 0 unspecified atom stereocenters. The third-order valence-electron chi connectivity index (χ3n) is 4.54. The van der Waals surface area contributed by atoms with Gasteiger partial charge in [-0.05, 0) is 44.2 Å². The van der Waals surface area contributed by atoms with E-state index in [1.54, 1.807) is 7.11 Å². The number of methoxy groups -OCH3 is 1. The van der Waals surface area contributed by atoms with Crippen molar-refractivity contribution in [2.24, 2.45) is 0 Å². The molecule has 0 fully saturated rings. The first-order chi connectivity index (χ1) is 12.8. The number of benzene rings is 2. The topological polar surface area (TPSA) is 33.7 Å². The van der Waals surface area contributed by atoms with Gasteiger partial charge in [-0.15, -0.1) is 24.8 Å². The molecule has 4 nitrogen and oxygen atoms in total. The monoisotopic (exact) mass is 428 g/mol. The van der Waals surface area contributed by atoms with Gasteiger partial charge in [-0.2, -0.15) is 0 Å². The predicted molar refractivity (Wildman–Crippen MR) is 122 cm³/mol. The van der Waals surface area contributed by atoms with Crippen LogP contribution in [0.4, 0.5) is 0 Å². The van der Waals surface area contributed by atoms with E-state index < -0.39 is 0 Å². The summed E-state index contributed by atoms with van der Waals surface area (Å²) in [5.41, 5.74) is 2.28. The molecule has 2 aromatic rings. The van der Waals surface area contributed by atoms with E-state index in [1.807, 2.05) is 30.3 Å². The van der Waals surface area contributed by atoms with Crippen LogP contribution in [0.5, 0.6) is 11.5 Å². The van der Waals surface area contributed by atoms with E-state index in [1.165, 1.54) is 0 Å². The molecule has 0 aliphatic rings. The Bertz CT molecular complexity index is 638. The molecule has 0 saturated carbocycles. The summed E-state index contributed by atoms with van der Waals surface area (Å²) in [6.45, 7) is 10.1. The zero-order chi connectivity index (χ0) is 18.6. The van der Waals surface area contributed by atoms with E-state index in [2.05, 4.69) is 42.3 Å². The molecule has 0 saturated heterocycles. The highest BCUT2D eigenvalue weighted by Crippen LogP contribution is 2.31. The highest BCUT2D eigenvalue weighted by atomic mass is 35.5. The lowest BCUT2D eigenvalue weighted by Crippen LogP contribution is -2.27. The van der Waals surface area contributed by atoms with Gasteiger partial charge in [-0.3, -0.25) is 0 Å². The molecule has 0 aliphatic carbocycles. The van der Waals surface area contributed by atoms with Gasteiger partial charge in [0.1, 0.15) is 6.61 Å². The second-order valence-corrected chi connectivity index (χ2v) is 6.28. The minimum absolute atomic E-state index is 0. The predicted octanol–water partition coefficient (Wildman–Crippen LogP) is 4.94. The van der Waals surface area contributed by atoms with Crippen LogP contribution in [0.3, 0.4) is 0 Å². The third-order valence-corrected chi connectivity index (χ3v) is 4.54. The van der Waals surface area contributed by atoms with Gasteiger partial charge in [0.2, 0.25) is 0 Å². The Morgan fingerprint density at radius 1 is 0.929 bits per heavy atom. The highest BCUT2D eigenvalue weighted by molar-refractivity contribution is 5.85. The summed E-state index contributed by atoms with van der Waals surface area (Å²) in [5.74, 6) is 1.61. The average molecular weight is 429 g/mol. The van der Waals surface area contributed by atoms with Crippen molar-refractivity contribution < 1.29 is 9.47 Å². The van der Waals surface area contributed by atoms with Gasteiger partial charge in [0.15, 0.2) is 11.5 Å². The van der Waals surface area contributed by atoms with Crippen LogP contribution in [0.25, 0.3) is 0 Å². The van der Waals surface area contributed by atoms with Crippen LogP contribution >= 0.6 is 24.8 Å². The van der Waals surface area contributed by atoms with Crippen molar-refractivity contribution in [2.45, 2.75) is 33.4 Å². The molecule has 0 aliphatic heterocycles. The minimum atomic E-state index is 0. The fraction of sp³-hybridized carbons (Fsp3) is 0.455. The van der Waals surface area contributed by atoms with Crippen LogP contribution in [-0.4, -0.2) is 38.2 Å².